The molecule has 30 heavy (non-hydrogen) atoms. The predicted molar refractivity (Wildman–Crippen MR) is 118 cm³/mol. The molecule has 0 bridgehead atoms. The number of hydrogen-bond donors (Lipinski definition) is 2. The number of nitrogens with zero attached hydrogens (tertiary/aromatic N) is 2. The van der Waals surface area contributed by atoms with Gasteiger partial charge in [-0.2, -0.15) is 0 Å². The van der Waals surface area contributed by atoms with Crippen molar-refractivity contribution < 1.29 is 14.4 Å². The topological polar surface area (TPSA) is 95.7 Å². The fraction of sp³-hybridized carbons (Fsp3) is 0.591. The van der Waals surface area contributed by atoms with Crippen molar-refractivity contribution in [2.45, 2.75) is 49.9 Å². The van der Waals surface area contributed by atoms with Gasteiger partial charge in [0, 0.05) is 30.3 Å². The molecule has 3 aliphatic rings. The molecule has 2 atom stereocenters. The molecule has 2 unspecified atom stereocenters. The van der Waals surface area contributed by atoms with Crippen molar-refractivity contribution in [3.8, 4) is 0 Å². The van der Waals surface area contributed by atoms with E-state index in [1.54, 1.807) is 16.7 Å². The van der Waals surface area contributed by atoms with Gasteiger partial charge in [0.1, 0.15) is 6.04 Å². The average Bonchev–Trinajstić information content (AvgIpc) is 3.23. The average molecular weight is 431 g/mol. The Morgan fingerprint density at radius 1 is 1.23 bits per heavy atom. The van der Waals surface area contributed by atoms with E-state index in [-0.39, 0.29) is 28.5 Å². The molecule has 7 nitrogen and oxygen atoms in total. The molecule has 8 heteroatoms. The van der Waals surface area contributed by atoms with Crippen molar-refractivity contribution >= 4 is 35.2 Å². The number of hydrogen-bond acceptors (Lipinski definition) is 5. The first-order chi connectivity index (χ1) is 14.4. The number of nitrogens with two attached hydrogens (primary N) is 1. The zero-order valence-electron chi connectivity index (χ0n) is 17.4. The van der Waals surface area contributed by atoms with Gasteiger partial charge in [-0.15, -0.1) is 11.8 Å². The van der Waals surface area contributed by atoms with Crippen LogP contribution in [0.2, 0.25) is 0 Å². The zero-order valence-corrected chi connectivity index (χ0v) is 18.2. The molecular weight excluding hydrogens is 400 g/mol. The fourth-order valence-corrected chi connectivity index (χ4v) is 6.16. The standard InChI is InChI=1S/C22H30N4O3S/c1-22-10-6-19(27)26(22)18(14-30-22)21(29)24-17-4-2-15(3-5-17)7-11-25-12-8-16(9-13-25)20(23)28/h2-5,16,18H,6-14H2,1H3,(H2,23,28)(H,24,29). The van der Waals surface area contributed by atoms with Crippen LogP contribution < -0.4 is 11.1 Å². The van der Waals surface area contributed by atoms with E-state index < -0.39 is 6.04 Å². The maximum absolute atomic E-state index is 12.8. The highest BCUT2D eigenvalue weighted by atomic mass is 32.2. The third-order valence-electron chi connectivity index (χ3n) is 6.68. The molecule has 3 fully saturated rings. The summed E-state index contributed by atoms with van der Waals surface area (Å²) in [6.07, 6.45) is 3.96. The Morgan fingerprint density at radius 2 is 1.93 bits per heavy atom. The molecule has 0 aromatic heterocycles. The Bertz CT molecular complexity index is 822. The van der Waals surface area contributed by atoms with E-state index in [9.17, 15) is 14.4 Å². The number of carbonyl (C=O) groups is 3. The summed E-state index contributed by atoms with van der Waals surface area (Å²) in [6, 6.07) is 7.55. The summed E-state index contributed by atoms with van der Waals surface area (Å²) in [7, 11) is 0. The number of fused-ring (bicyclic) bond motifs is 1. The number of benzene rings is 1. The first-order valence-corrected chi connectivity index (χ1v) is 11.7. The molecule has 3 amide bonds. The summed E-state index contributed by atoms with van der Waals surface area (Å²) in [4.78, 5) is 40.2. The highest BCUT2D eigenvalue weighted by molar-refractivity contribution is 8.01. The first kappa shape index (κ1) is 21.2. The number of nitrogens with one attached hydrogen (secondary N) is 1. The molecule has 162 valence electrons. The Balaban J connectivity index is 1.26. The Hall–Kier alpha value is -2.06. The third kappa shape index (κ3) is 4.34. The molecule has 4 rings (SSSR count). The van der Waals surface area contributed by atoms with E-state index >= 15 is 0 Å². The van der Waals surface area contributed by atoms with Crippen LogP contribution >= 0.6 is 11.8 Å². The van der Waals surface area contributed by atoms with E-state index in [1.165, 1.54) is 5.56 Å². The van der Waals surface area contributed by atoms with Crippen LogP contribution in [0.15, 0.2) is 24.3 Å². The maximum atomic E-state index is 12.8. The van der Waals surface area contributed by atoms with Gasteiger partial charge in [-0.25, -0.2) is 0 Å². The highest BCUT2D eigenvalue weighted by Gasteiger charge is 2.52. The first-order valence-electron chi connectivity index (χ1n) is 10.7. The van der Waals surface area contributed by atoms with Crippen LogP contribution in [0.4, 0.5) is 5.69 Å². The number of amides is 3. The van der Waals surface area contributed by atoms with Crippen LogP contribution in [0.5, 0.6) is 0 Å². The van der Waals surface area contributed by atoms with Gasteiger partial charge < -0.3 is 20.9 Å². The van der Waals surface area contributed by atoms with Crippen molar-refractivity contribution in [3.05, 3.63) is 29.8 Å². The molecule has 3 heterocycles. The minimum atomic E-state index is -0.391. The van der Waals surface area contributed by atoms with Gasteiger partial charge in [-0.05, 0) is 63.4 Å². The van der Waals surface area contributed by atoms with Crippen LogP contribution in [-0.4, -0.2) is 63.8 Å². The predicted octanol–water partition coefficient (Wildman–Crippen LogP) is 1.82. The Morgan fingerprint density at radius 3 is 2.60 bits per heavy atom. The SMILES string of the molecule is CC12CCC(=O)N1C(C(=O)Nc1ccc(CCN3CCC(C(N)=O)CC3)cc1)CS2. The van der Waals surface area contributed by atoms with Crippen molar-refractivity contribution in [1.82, 2.24) is 9.80 Å². The number of thioether (sulfide) groups is 1. The molecule has 0 saturated carbocycles. The Labute approximate surface area is 181 Å². The summed E-state index contributed by atoms with van der Waals surface area (Å²) in [5.41, 5.74) is 7.37. The lowest BCUT2D eigenvalue weighted by Crippen LogP contribution is -2.48. The van der Waals surface area contributed by atoms with Gasteiger partial charge in [0.05, 0.1) is 4.87 Å². The summed E-state index contributed by atoms with van der Waals surface area (Å²) < 4.78 is 0. The summed E-state index contributed by atoms with van der Waals surface area (Å²) >= 11 is 1.70. The molecule has 0 spiro atoms. The van der Waals surface area contributed by atoms with E-state index in [4.69, 9.17) is 5.73 Å². The summed E-state index contributed by atoms with van der Waals surface area (Å²) in [5, 5.41) is 2.98. The van der Waals surface area contributed by atoms with Crippen molar-refractivity contribution in [2.24, 2.45) is 11.7 Å². The maximum Gasteiger partial charge on any atom is 0.248 e. The van der Waals surface area contributed by atoms with Gasteiger partial charge in [-0.1, -0.05) is 12.1 Å². The number of likely N-dealkylation sites (tertiary alicyclic amines) is 1. The second kappa shape index (κ2) is 8.59. The molecule has 3 saturated heterocycles. The smallest absolute Gasteiger partial charge is 0.248 e. The van der Waals surface area contributed by atoms with Crippen molar-refractivity contribution in [2.75, 3.05) is 30.7 Å². The summed E-state index contributed by atoms with van der Waals surface area (Å²) in [6.45, 7) is 4.83. The lowest BCUT2D eigenvalue weighted by atomic mass is 9.96. The number of rotatable bonds is 6. The lowest BCUT2D eigenvalue weighted by molar-refractivity contribution is -0.135. The van der Waals surface area contributed by atoms with E-state index in [0.29, 0.717) is 12.2 Å². The normalized spacial score (nSPS) is 27.3. The highest BCUT2D eigenvalue weighted by Crippen LogP contribution is 2.47. The zero-order chi connectivity index (χ0) is 21.3. The molecule has 3 aliphatic heterocycles. The molecular formula is C22H30N4O3S. The van der Waals surface area contributed by atoms with Crippen molar-refractivity contribution in [1.29, 1.82) is 0 Å². The number of anilines is 1. The quantitative estimate of drug-likeness (QED) is 0.718. The largest absolute Gasteiger partial charge is 0.369 e. The van der Waals surface area contributed by atoms with Crippen molar-refractivity contribution in [3.63, 3.8) is 0 Å². The van der Waals surface area contributed by atoms with Gasteiger partial charge in [0.15, 0.2) is 0 Å². The van der Waals surface area contributed by atoms with E-state index in [2.05, 4.69) is 17.1 Å². The van der Waals surface area contributed by atoms with E-state index in [0.717, 1.165) is 51.0 Å². The fourth-order valence-electron chi connectivity index (χ4n) is 4.72. The van der Waals surface area contributed by atoms with Gasteiger partial charge in [0.25, 0.3) is 0 Å². The van der Waals surface area contributed by atoms with Crippen LogP contribution in [0.1, 0.15) is 38.2 Å². The van der Waals surface area contributed by atoms with Gasteiger partial charge >= 0.3 is 0 Å². The number of primary amides is 1. The van der Waals surface area contributed by atoms with Crippen LogP contribution in [0.3, 0.4) is 0 Å². The minimum Gasteiger partial charge on any atom is -0.369 e. The van der Waals surface area contributed by atoms with Crippen LogP contribution in [0, 0.1) is 5.92 Å². The summed E-state index contributed by atoms with van der Waals surface area (Å²) in [5.74, 6) is 0.473. The monoisotopic (exact) mass is 430 g/mol. The molecule has 0 radical (unpaired) electrons. The van der Waals surface area contributed by atoms with Crippen LogP contribution in [-0.2, 0) is 20.8 Å². The number of carbonyl (C=O) groups excluding carboxylic acids is 3. The third-order valence-corrected chi connectivity index (χ3v) is 8.18. The van der Waals surface area contributed by atoms with E-state index in [1.807, 2.05) is 24.3 Å². The lowest BCUT2D eigenvalue weighted by Gasteiger charge is -2.30. The number of piperidine rings is 1. The second-order valence-electron chi connectivity index (χ2n) is 8.72. The molecule has 1 aromatic carbocycles. The molecule has 1 aromatic rings. The minimum absolute atomic E-state index is 0.0242. The van der Waals surface area contributed by atoms with Gasteiger partial charge in [0.2, 0.25) is 17.7 Å². The van der Waals surface area contributed by atoms with Crippen LogP contribution in [0.25, 0.3) is 0 Å². The molecule has 0 aliphatic carbocycles. The Kier molecular flexibility index (Phi) is 6.06. The van der Waals surface area contributed by atoms with Gasteiger partial charge in [-0.3, -0.25) is 14.4 Å². The molecule has 3 N–H and O–H groups in total. The second-order valence-corrected chi connectivity index (χ2v) is 10.2.